The summed E-state index contributed by atoms with van der Waals surface area (Å²) in [6.07, 6.45) is 12.7. The summed E-state index contributed by atoms with van der Waals surface area (Å²) < 4.78 is 2.11. The third-order valence-electron chi connectivity index (χ3n) is 5.36. The molecule has 2 fully saturated rings. The molecule has 5 nitrogen and oxygen atoms in total. The number of nitrogens with two attached hydrogens (primary N) is 1. The second-order valence-electron chi connectivity index (χ2n) is 6.38. The number of imidazole rings is 1. The monoisotopic (exact) mass is 277 g/mol. The molecule has 0 amide bonds. The highest BCUT2D eigenvalue weighted by Gasteiger charge is 2.46. The molecule has 5 heteroatoms. The van der Waals surface area contributed by atoms with Crippen LogP contribution < -0.4 is 11.3 Å². The van der Waals surface area contributed by atoms with E-state index >= 15 is 0 Å². The zero-order valence-corrected chi connectivity index (χ0v) is 12.5. The van der Waals surface area contributed by atoms with Gasteiger partial charge in [0, 0.05) is 37.4 Å². The van der Waals surface area contributed by atoms with Gasteiger partial charge in [0.05, 0.1) is 0 Å². The van der Waals surface area contributed by atoms with Crippen LogP contribution in [-0.2, 0) is 13.5 Å². The summed E-state index contributed by atoms with van der Waals surface area (Å²) >= 11 is 0. The van der Waals surface area contributed by atoms with Crippen molar-refractivity contribution < 1.29 is 0 Å². The molecule has 1 aliphatic carbocycles. The number of nitrogens with zero attached hydrogens (tertiary/aromatic N) is 3. The molecule has 0 spiro atoms. The second-order valence-corrected chi connectivity index (χ2v) is 6.38. The summed E-state index contributed by atoms with van der Waals surface area (Å²) in [6, 6.07) is 0.296. The van der Waals surface area contributed by atoms with Crippen molar-refractivity contribution in [2.75, 3.05) is 13.1 Å². The maximum atomic E-state index is 5.96. The van der Waals surface area contributed by atoms with Crippen molar-refractivity contribution in [3.8, 4) is 0 Å². The predicted molar refractivity (Wildman–Crippen MR) is 80.0 cm³/mol. The first-order valence-electron chi connectivity index (χ1n) is 7.94. The normalized spacial score (nSPS) is 24.3. The molecule has 1 aromatic rings. The lowest BCUT2D eigenvalue weighted by atomic mass is 9.84. The Hall–Kier alpha value is -0.910. The highest BCUT2D eigenvalue weighted by atomic mass is 15.3. The summed E-state index contributed by atoms with van der Waals surface area (Å²) in [7, 11) is 2.06. The van der Waals surface area contributed by atoms with Crippen LogP contribution in [-0.4, -0.2) is 39.1 Å². The Bertz CT molecular complexity index is 429. The van der Waals surface area contributed by atoms with E-state index < -0.39 is 0 Å². The fourth-order valence-corrected chi connectivity index (χ4v) is 4.21. The number of likely N-dealkylation sites (tertiary alicyclic amines) is 1. The Morgan fingerprint density at radius 3 is 2.55 bits per heavy atom. The van der Waals surface area contributed by atoms with Crippen molar-refractivity contribution >= 4 is 0 Å². The van der Waals surface area contributed by atoms with E-state index in [1.165, 1.54) is 51.6 Å². The molecule has 3 rings (SSSR count). The third-order valence-corrected chi connectivity index (χ3v) is 5.36. The van der Waals surface area contributed by atoms with Crippen LogP contribution >= 0.6 is 0 Å². The first-order valence-corrected chi connectivity index (χ1v) is 7.94. The Balaban J connectivity index is 1.82. The largest absolute Gasteiger partial charge is 0.338 e. The minimum atomic E-state index is 0.247. The molecule has 0 bridgehead atoms. The smallest absolute Gasteiger partial charge is 0.110 e. The minimum Gasteiger partial charge on any atom is -0.338 e. The van der Waals surface area contributed by atoms with Crippen LogP contribution in [0.15, 0.2) is 12.4 Å². The van der Waals surface area contributed by atoms with Crippen molar-refractivity contribution in [3.05, 3.63) is 18.2 Å². The van der Waals surface area contributed by atoms with Gasteiger partial charge in [-0.3, -0.25) is 16.2 Å². The minimum absolute atomic E-state index is 0.247. The van der Waals surface area contributed by atoms with E-state index in [-0.39, 0.29) is 5.54 Å². The lowest BCUT2D eigenvalue weighted by molar-refractivity contribution is 0.0755. The molecular weight excluding hydrogens is 250 g/mol. The number of aromatic nitrogens is 2. The zero-order valence-electron chi connectivity index (χ0n) is 12.5. The first-order chi connectivity index (χ1) is 9.76. The lowest BCUT2D eigenvalue weighted by Gasteiger charge is -2.44. The maximum absolute atomic E-state index is 5.96. The van der Waals surface area contributed by atoms with Gasteiger partial charge in [0.2, 0.25) is 0 Å². The number of hydrogen-bond donors (Lipinski definition) is 2. The van der Waals surface area contributed by atoms with E-state index in [9.17, 15) is 0 Å². The molecule has 2 aliphatic rings. The van der Waals surface area contributed by atoms with Crippen LogP contribution in [0.4, 0.5) is 0 Å². The molecule has 1 saturated carbocycles. The SMILES string of the molecule is Cn1ccnc1CC(NN)C1(N2CCCC2)CCCC1. The summed E-state index contributed by atoms with van der Waals surface area (Å²) in [5.74, 6) is 7.08. The van der Waals surface area contributed by atoms with Crippen LogP contribution in [0.1, 0.15) is 44.3 Å². The Morgan fingerprint density at radius 2 is 2.00 bits per heavy atom. The van der Waals surface area contributed by atoms with Gasteiger partial charge in [-0.2, -0.15) is 0 Å². The number of rotatable bonds is 5. The molecule has 1 aromatic heterocycles. The van der Waals surface area contributed by atoms with E-state index in [1.807, 2.05) is 12.4 Å². The number of hydrazine groups is 1. The molecule has 0 radical (unpaired) electrons. The fraction of sp³-hybridized carbons (Fsp3) is 0.800. The van der Waals surface area contributed by atoms with Crippen LogP contribution in [0.3, 0.4) is 0 Å². The van der Waals surface area contributed by atoms with Gasteiger partial charge < -0.3 is 4.57 Å². The highest BCUT2D eigenvalue weighted by molar-refractivity contribution is 5.08. The van der Waals surface area contributed by atoms with Gasteiger partial charge in [0.15, 0.2) is 0 Å². The number of hydrogen-bond acceptors (Lipinski definition) is 4. The third kappa shape index (κ3) is 2.38. The number of nitrogens with one attached hydrogen (secondary N) is 1. The van der Waals surface area contributed by atoms with Crippen molar-refractivity contribution in [2.24, 2.45) is 12.9 Å². The van der Waals surface area contributed by atoms with Gasteiger partial charge in [-0.1, -0.05) is 12.8 Å². The molecule has 1 unspecified atom stereocenters. The van der Waals surface area contributed by atoms with Crippen molar-refractivity contribution in [1.82, 2.24) is 19.9 Å². The molecule has 0 aromatic carbocycles. The lowest BCUT2D eigenvalue weighted by Crippen LogP contribution is -2.61. The Morgan fingerprint density at radius 1 is 1.30 bits per heavy atom. The maximum Gasteiger partial charge on any atom is 0.110 e. The Labute approximate surface area is 121 Å². The molecule has 2 heterocycles. The summed E-state index contributed by atoms with van der Waals surface area (Å²) in [6.45, 7) is 2.47. The van der Waals surface area contributed by atoms with E-state index in [2.05, 4.69) is 26.9 Å². The molecule has 1 saturated heterocycles. The van der Waals surface area contributed by atoms with Gasteiger partial charge in [-0.15, -0.1) is 0 Å². The molecule has 1 aliphatic heterocycles. The first kappa shape index (κ1) is 14.0. The fourth-order valence-electron chi connectivity index (χ4n) is 4.21. The quantitative estimate of drug-likeness (QED) is 0.627. The average molecular weight is 277 g/mol. The van der Waals surface area contributed by atoms with Crippen molar-refractivity contribution in [3.63, 3.8) is 0 Å². The summed E-state index contributed by atoms with van der Waals surface area (Å²) in [5, 5.41) is 0. The van der Waals surface area contributed by atoms with Crippen LogP contribution in [0.2, 0.25) is 0 Å². The van der Waals surface area contributed by atoms with Gasteiger partial charge in [-0.25, -0.2) is 4.98 Å². The summed E-state index contributed by atoms with van der Waals surface area (Å²) in [4.78, 5) is 7.18. The van der Waals surface area contributed by atoms with Gasteiger partial charge in [0.1, 0.15) is 5.82 Å². The van der Waals surface area contributed by atoms with E-state index in [0.29, 0.717) is 6.04 Å². The van der Waals surface area contributed by atoms with Crippen LogP contribution in [0.25, 0.3) is 0 Å². The Kier molecular flexibility index (Phi) is 4.10. The van der Waals surface area contributed by atoms with E-state index in [0.717, 1.165) is 12.2 Å². The topological polar surface area (TPSA) is 59.1 Å². The molecule has 3 N–H and O–H groups in total. The molecule has 112 valence electrons. The van der Waals surface area contributed by atoms with Crippen molar-refractivity contribution in [2.45, 2.75) is 56.5 Å². The van der Waals surface area contributed by atoms with Crippen LogP contribution in [0, 0.1) is 0 Å². The zero-order chi connectivity index (χ0) is 14.0. The van der Waals surface area contributed by atoms with Gasteiger partial charge in [-0.05, 0) is 38.8 Å². The van der Waals surface area contributed by atoms with E-state index in [4.69, 9.17) is 5.84 Å². The van der Waals surface area contributed by atoms with E-state index in [1.54, 1.807) is 0 Å². The number of aryl methyl sites for hydroxylation is 1. The standard InChI is InChI=1S/C15H27N5/c1-19-11-8-17-14(19)12-13(18-16)15(6-2-3-7-15)20-9-4-5-10-20/h8,11,13,18H,2-7,9-10,12,16H2,1H3. The molecule has 1 atom stereocenters. The van der Waals surface area contributed by atoms with Crippen molar-refractivity contribution in [1.29, 1.82) is 0 Å². The van der Waals surface area contributed by atoms with Crippen LogP contribution in [0.5, 0.6) is 0 Å². The molecular formula is C15H27N5. The summed E-state index contributed by atoms with van der Waals surface area (Å²) in [5.41, 5.74) is 3.38. The predicted octanol–water partition coefficient (Wildman–Crippen LogP) is 1.20. The molecule has 20 heavy (non-hydrogen) atoms. The average Bonchev–Trinajstić information content (AvgIpc) is 3.18. The highest BCUT2D eigenvalue weighted by Crippen LogP contribution is 2.40. The van der Waals surface area contributed by atoms with Gasteiger partial charge >= 0.3 is 0 Å². The van der Waals surface area contributed by atoms with Gasteiger partial charge in [0.25, 0.3) is 0 Å². The second kappa shape index (κ2) is 5.84.